The summed E-state index contributed by atoms with van der Waals surface area (Å²) in [5, 5.41) is 3.50. The first kappa shape index (κ1) is 25.6. The van der Waals surface area contributed by atoms with Gasteiger partial charge in [0.1, 0.15) is 15.9 Å². The molecular formula is C38H30OP+. The van der Waals surface area contributed by atoms with Crippen molar-refractivity contribution in [1.82, 2.24) is 0 Å². The predicted molar refractivity (Wildman–Crippen MR) is 171 cm³/mol. The second-order valence-electron chi connectivity index (χ2n) is 9.51. The van der Waals surface area contributed by atoms with Crippen molar-refractivity contribution in [2.45, 2.75) is 0 Å². The van der Waals surface area contributed by atoms with E-state index >= 15 is 0 Å². The summed E-state index contributed by atoms with van der Waals surface area (Å²) in [6.07, 6.45) is 0. The van der Waals surface area contributed by atoms with Crippen molar-refractivity contribution >= 4 is 34.7 Å². The Morgan fingerprint density at radius 1 is 0.325 bits per heavy atom. The zero-order chi connectivity index (χ0) is 27.0. The van der Waals surface area contributed by atoms with E-state index in [9.17, 15) is 0 Å². The lowest BCUT2D eigenvalue weighted by Crippen LogP contribution is -2.32. The van der Waals surface area contributed by atoms with Crippen LogP contribution in [0.15, 0.2) is 182 Å². The molecule has 0 aliphatic rings. The van der Waals surface area contributed by atoms with Crippen LogP contribution in [0.2, 0.25) is 0 Å². The molecule has 0 aromatic heterocycles. The Hall–Kier alpha value is -4.71. The minimum atomic E-state index is -2.63. The number of rotatable bonds is 8. The summed E-state index contributed by atoms with van der Waals surface area (Å²) in [6, 6.07) is 63.8. The molecule has 2 heteroatoms. The van der Waals surface area contributed by atoms with Gasteiger partial charge in [-0.25, -0.2) is 0 Å². The first-order chi connectivity index (χ1) is 19.9. The second kappa shape index (κ2) is 12.0. The van der Waals surface area contributed by atoms with E-state index in [0.717, 1.165) is 28.0 Å². The van der Waals surface area contributed by atoms with Gasteiger partial charge < -0.3 is 4.52 Å². The maximum absolute atomic E-state index is 7.74. The Labute approximate surface area is 237 Å². The highest BCUT2D eigenvalue weighted by molar-refractivity contribution is 7.92. The highest BCUT2D eigenvalue weighted by Gasteiger charge is 2.50. The maximum atomic E-state index is 7.74. The van der Waals surface area contributed by atoms with Crippen molar-refractivity contribution in [3.05, 3.63) is 199 Å². The third kappa shape index (κ3) is 5.13. The molecule has 0 heterocycles. The first-order valence-electron chi connectivity index (χ1n) is 13.5. The molecule has 0 aliphatic heterocycles. The zero-order valence-electron chi connectivity index (χ0n) is 22.2. The molecule has 0 aliphatic carbocycles. The predicted octanol–water partition coefficient (Wildman–Crippen LogP) is 8.53. The van der Waals surface area contributed by atoms with Crippen LogP contribution in [0.3, 0.4) is 0 Å². The molecule has 6 aromatic rings. The SMILES string of the molecule is c1ccc(C(O[P+](c2ccccc2)(c2ccccc2)c2ccccc2)=C(c2ccccc2)c2ccccc2)cc1. The van der Waals surface area contributed by atoms with Crippen molar-refractivity contribution in [3.63, 3.8) is 0 Å². The smallest absolute Gasteiger partial charge is 0.287 e. The van der Waals surface area contributed by atoms with E-state index in [1.807, 2.05) is 0 Å². The molecule has 1 nitrogen and oxygen atoms in total. The standard InChI is InChI=1S/C38H30OP/c1-7-19-31(20-8-1)37(32-21-9-2-10-22-32)38(33-23-11-3-12-24-33)39-40(34-25-13-4-14-26-34,35-27-15-5-16-28-35)36-29-17-6-18-30-36/h1-30H/q+1. The number of hydrogen-bond acceptors (Lipinski definition) is 1. The Bertz CT molecular complexity index is 1530. The summed E-state index contributed by atoms with van der Waals surface area (Å²) < 4.78 is 7.74. The quantitative estimate of drug-likeness (QED) is 0.108. The minimum absolute atomic E-state index is 0.864. The van der Waals surface area contributed by atoms with Crippen LogP contribution in [0.25, 0.3) is 11.3 Å². The normalized spacial score (nSPS) is 11.0. The fourth-order valence-corrected chi connectivity index (χ4v) is 8.58. The van der Waals surface area contributed by atoms with Crippen molar-refractivity contribution in [2.24, 2.45) is 0 Å². The van der Waals surface area contributed by atoms with Crippen molar-refractivity contribution in [3.8, 4) is 0 Å². The van der Waals surface area contributed by atoms with E-state index in [0.29, 0.717) is 0 Å². The van der Waals surface area contributed by atoms with Crippen LogP contribution < -0.4 is 15.9 Å². The van der Waals surface area contributed by atoms with Gasteiger partial charge in [0.05, 0.1) is 0 Å². The topological polar surface area (TPSA) is 9.23 Å². The molecule has 6 aromatic carbocycles. The third-order valence-electron chi connectivity index (χ3n) is 6.98. The van der Waals surface area contributed by atoms with Gasteiger partial charge >= 0.3 is 0 Å². The first-order valence-corrected chi connectivity index (χ1v) is 15.2. The van der Waals surface area contributed by atoms with Crippen LogP contribution in [-0.4, -0.2) is 0 Å². The molecule has 0 spiro atoms. The van der Waals surface area contributed by atoms with Crippen molar-refractivity contribution < 1.29 is 4.52 Å². The molecule has 0 amide bonds. The van der Waals surface area contributed by atoms with Gasteiger partial charge in [0.2, 0.25) is 0 Å². The Balaban J connectivity index is 1.73. The summed E-state index contributed by atoms with van der Waals surface area (Å²) >= 11 is 0. The summed E-state index contributed by atoms with van der Waals surface area (Å²) in [4.78, 5) is 0. The lowest BCUT2D eigenvalue weighted by atomic mass is 9.94. The molecule has 6 rings (SSSR count). The van der Waals surface area contributed by atoms with Gasteiger partial charge in [-0.3, -0.25) is 0 Å². The van der Waals surface area contributed by atoms with E-state index in [1.165, 1.54) is 15.9 Å². The van der Waals surface area contributed by atoms with E-state index < -0.39 is 7.49 Å². The summed E-state index contributed by atoms with van der Waals surface area (Å²) in [5.41, 5.74) is 4.33. The average molecular weight is 534 g/mol. The van der Waals surface area contributed by atoms with Gasteiger partial charge in [-0.2, -0.15) is 0 Å². The fraction of sp³-hybridized carbons (Fsp3) is 0. The van der Waals surface area contributed by atoms with Crippen LogP contribution in [-0.2, 0) is 4.52 Å². The van der Waals surface area contributed by atoms with Gasteiger partial charge in [0, 0.05) is 11.1 Å². The number of benzene rings is 6. The molecule has 0 unspecified atom stereocenters. The second-order valence-corrected chi connectivity index (χ2v) is 12.5. The van der Waals surface area contributed by atoms with Crippen LogP contribution in [0.1, 0.15) is 16.7 Å². The maximum Gasteiger partial charge on any atom is 0.287 e. The molecule has 0 N–H and O–H groups in total. The highest BCUT2D eigenvalue weighted by atomic mass is 31.2. The Kier molecular flexibility index (Phi) is 7.66. The van der Waals surface area contributed by atoms with E-state index in [2.05, 4.69) is 182 Å². The van der Waals surface area contributed by atoms with Crippen molar-refractivity contribution in [1.29, 1.82) is 0 Å². The molecule has 192 valence electrons. The minimum Gasteiger partial charge on any atom is -0.333 e. The van der Waals surface area contributed by atoms with Gasteiger partial charge in [-0.05, 0) is 47.5 Å². The molecular weight excluding hydrogens is 503 g/mol. The van der Waals surface area contributed by atoms with Gasteiger partial charge in [0.25, 0.3) is 7.49 Å². The van der Waals surface area contributed by atoms with Gasteiger partial charge in [-0.1, -0.05) is 146 Å². The third-order valence-corrected chi connectivity index (χ3v) is 10.5. The van der Waals surface area contributed by atoms with Crippen LogP contribution in [0.5, 0.6) is 0 Å². The van der Waals surface area contributed by atoms with Gasteiger partial charge in [-0.15, -0.1) is 0 Å². The Morgan fingerprint density at radius 3 is 0.925 bits per heavy atom. The largest absolute Gasteiger partial charge is 0.333 e. The monoisotopic (exact) mass is 533 g/mol. The lowest BCUT2D eigenvalue weighted by molar-refractivity contribution is 0.579. The summed E-state index contributed by atoms with van der Waals surface area (Å²) in [6.45, 7) is 0. The van der Waals surface area contributed by atoms with Gasteiger partial charge in [0.15, 0.2) is 5.76 Å². The van der Waals surface area contributed by atoms with Crippen molar-refractivity contribution in [2.75, 3.05) is 0 Å². The summed E-state index contributed by atoms with van der Waals surface area (Å²) in [7, 11) is -2.63. The van der Waals surface area contributed by atoms with Crippen LogP contribution in [0.4, 0.5) is 0 Å². The molecule has 0 saturated carbocycles. The van der Waals surface area contributed by atoms with E-state index in [-0.39, 0.29) is 0 Å². The fourth-order valence-electron chi connectivity index (χ4n) is 5.13. The molecule has 40 heavy (non-hydrogen) atoms. The lowest BCUT2D eigenvalue weighted by Gasteiger charge is -2.29. The molecule has 0 fully saturated rings. The molecule has 0 bridgehead atoms. The Morgan fingerprint density at radius 2 is 0.600 bits per heavy atom. The van der Waals surface area contributed by atoms with E-state index in [4.69, 9.17) is 4.52 Å². The number of hydrogen-bond donors (Lipinski definition) is 0. The molecule has 0 saturated heterocycles. The molecule has 0 radical (unpaired) electrons. The molecule has 0 atom stereocenters. The van der Waals surface area contributed by atoms with Crippen LogP contribution in [0, 0.1) is 0 Å². The van der Waals surface area contributed by atoms with Crippen LogP contribution >= 0.6 is 7.49 Å². The van der Waals surface area contributed by atoms with E-state index in [1.54, 1.807) is 0 Å². The zero-order valence-corrected chi connectivity index (χ0v) is 23.1. The summed E-state index contributed by atoms with van der Waals surface area (Å²) in [5.74, 6) is 0.864. The average Bonchev–Trinajstić information content (AvgIpc) is 3.06. The highest BCUT2D eigenvalue weighted by Crippen LogP contribution is 2.60.